The van der Waals surface area contributed by atoms with Crippen molar-refractivity contribution in [3.05, 3.63) is 58.9 Å². The predicted octanol–water partition coefficient (Wildman–Crippen LogP) is 1.44. The lowest BCUT2D eigenvalue weighted by molar-refractivity contribution is 0.0843. The van der Waals surface area contributed by atoms with Gasteiger partial charge in [0.1, 0.15) is 20.5 Å². The molecule has 0 unspecified atom stereocenters. The summed E-state index contributed by atoms with van der Waals surface area (Å²) in [6, 6.07) is 10.7. The zero-order chi connectivity index (χ0) is 21.2. The molecule has 3 rings (SSSR count). The first-order valence-corrected chi connectivity index (χ1v) is 10.8. The van der Waals surface area contributed by atoms with E-state index in [1.54, 1.807) is 6.92 Å². The maximum atomic E-state index is 12.5. The summed E-state index contributed by atoms with van der Waals surface area (Å²) < 4.78 is 27.3. The fraction of sp³-hybridized carbons (Fsp3) is 0.167. The molecule has 0 aliphatic heterocycles. The molecule has 3 N–H and O–H groups in total. The Bertz CT molecular complexity index is 1170. The van der Waals surface area contributed by atoms with Crippen LogP contribution >= 0.6 is 11.3 Å². The number of rotatable bonds is 5. The zero-order valence-corrected chi connectivity index (χ0v) is 17.5. The van der Waals surface area contributed by atoms with Gasteiger partial charge >= 0.3 is 0 Å². The number of carbonyl (C=O) groups is 2. The van der Waals surface area contributed by atoms with E-state index < -0.39 is 21.8 Å². The van der Waals surface area contributed by atoms with Crippen molar-refractivity contribution in [3.8, 4) is 10.6 Å². The fourth-order valence-corrected chi connectivity index (χ4v) is 4.34. The molecule has 1 aromatic carbocycles. The van der Waals surface area contributed by atoms with E-state index >= 15 is 0 Å². The average molecular weight is 434 g/mol. The first-order valence-electron chi connectivity index (χ1n) is 8.46. The Balaban J connectivity index is 1.72. The highest BCUT2D eigenvalue weighted by Crippen LogP contribution is 2.27. The van der Waals surface area contributed by atoms with Crippen LogP contribution in [-0.4, -0.2) is 36.8 Å². The molecule has 0 saturated carbocycles. The van der Waals surface area contributed by atoms with Gasteiger partial charge in [0, 0.05) is 18.8 Å². The van der Waals surface area contributed by atoms with Gasteiger partial charge in [-0.2, -0.15) is 0 Å². The standard InChI is InChI=1S/C18H19N5O4S2/c1-11-15(28-18(20-11)12-7-5-4-6-8-12)17(25)22-21-16(24)14-9-13(10-23(14)3)29(26,27)19-2/h4-10,19H,1-3H3,(H,21,24)(H,22,25). The van der Waals surface area contributed by atoms with Crippen LogP contribution in [-0.2, 0) is 17.1 Å². The minimum Gasteiger partial charge on any atom is -0.345 e. The number of aromatic nitrogens is 2. The quantitative estimate of drug-likeness (QED) is 0.526. The first kappa shape index (κ1) is 20.7. The molecule has 0 bridgehead atoms. The van der Waals surface area contributed by atoms with Gasteiger partial charge in [0.05, 0.1) is 5.69 Å². The Morgan fingerprint density at radius 2 is 1.76 bits per heavy atom. The number of benzene rings is 1. The molecule has 2 heterocycles. The number of hydrazine groups is 1. The second-order valence-corrected chi connectivity index (χ2v) is 8.97. The minimum atomic E-state index is -3.68. The zero-order valence-electron chi connectivity index (χ0n) is 15.9. The molecule has 2 amide bonds. The smallest absolute Gasteiger partial charge is 0.286 e. The lowest BCUT2D eigenvalue weighted by atomic mass is 10.2. The summed E-state index contributed by atoms with van der Waals surface area (Å²) in [6.45, 7) is 1.71. The van der Waals surface area contributed by atoms with E-state index in [9.17, 15) is 18.0 Å². The highest BCUT2D eigenvalue weighted by atomic mass is 32.2. The average Bonchev–Trinajstić information content (AvgIpc) is 3.30. The number of hydrogen-bond acceptors (Lipinski definition) is 6. The molecule has 0 fully saturated rings. The Hall–Kier alpha value is -3.02. The molecule has 29 heavy (non-hydrogen) atoms. The van der Waals surface area contributed by atoms with Crippen LogP contribution in [0.3, 0.4) is 0 Å². The third-order valence-electron chi connectivity index (χ3n) is 4.10. The molecule has 0 aliphatic rings. The van der Waals surface area contributed by atoms with E-state index in [0.717, 1.165) is 5.56 Å². The van der Waals surface area contributed by atoms with E-state index in [1.807, 2.05) is 30.3 Å². The van der Waals surface area contributed by atoms with Crippen molar-refractivity contribution < 1.29 is 18.0 Å². The summed E-state index contributed by atoms with van der Waals surface area (Å²) in [5.74, 6) is -1.16. The fourth-order valence-electron chi connectivity index (χ4n) is 2.57. The molecular formula is C18H19N5O4S2. The monoisotopic (exact) mass is 433 g/mol. The lowest BCUT2D eigenvalue weighted by Crippen LogP contribution is -2.42. The minimum absolute atomic E-state index is 0.0511. The van der Waals surface area contributed by atoms with Crippen LogP contribution in [0.4, 0.5) is 0 Å². The summed E-state index contributed by atoms with van der Waals surface area (Å²) in [7, 11) is -0.868. The van der Waals surface area contributed by atoms with Gasteiger partial charge in [-0.15, -0.1) is 11.3 Å². The second-order valence-electron chi connectivity index (χ2n) is 6.09. The molecule has 152 valence electrons. The Kier molecular flexibility index (Phi) is 5.82. The van der Waals surface area contributed by atoms with Crippen LogP contribution in [0.5, 0.6) is 0 Å². The molecule has 2 aromatic heterocycles. The number of nitrogens with zero attached hydrogens (tertiary/aromatic N) is 2. The van der Waals surface area contributed by atoms with Gasteiger partial charge < -0.3 is 4.57 Å². The van der Waals surface area contributed by atoms with Crippen molar-refractivity contribution >= 4 is 33.2 Å². The molecule has 0 radical (unpaired) electrons. The Morgan fingerprint density at radius 1 is 1.10 bits per heavy atom. The number of amides is 2. The molecule has 0 spiro atoms. The molecule has 11 heteroatoms. The number of aryl methyl sites for hydroxylation is 2. The van der Waals surface area contributed by atoms with Gasteiger partial charge in [0.15, 0.2) is 0 Å². The topological polar surface area (TPSA) is 122 Å². The van der Waals surface area contributed by atoms with Crippen molar-refractivity contribution in [1.82, 2.24) is 25.1 Å². The van der Waals surface area contributed by atoms with Gasteiger partial charge in [-0.1, -0.05) is 30.3 Å². The van der Waals surface area contributed by atoms with Crippen LogP contribution in [0, 0.1) is 6.92 Å². The first-order chi connectivity index (χ1) is 13.7. The summed E-state index contributed by atoms with van der Waals surface area (Å²) in [6.07, 6.45) is 1.31. The maximum absolute atomic E-state index is 12.5. The molecule has 0 aliphatic carbocycles. The lowest BCUT2D eigenvalue weighted by Gasteiger charge is -2.07. The van der Waals surface area contributed by atoms with Crippen molar-refractivity contribution in [2.75, 3.05) is 7.05 Å². The summed E-state index contributed by atoms with van der Waals surface area (Å²) in [5, 5.41) is 0.698. The predicted molar refractivity (Wildman–Crippen MR) is 109 cm³/mol. The maximum Gasteiger partial charge on any atom is 0.286 e. The van der Waals surface area contributed by atoms with Crippen LogP contribution in [0.25, 0.3) is 10.6 Å². The Labute approximate surface area is 171 Å². The van der Waals surface area contributed by atoms with E-state index in [0.29, 0.717) is 15.6 Å². The summed E-state index contributed by atoms with van der Waals surface area (Å²) >= 11 is 1.21. The van der Waals surface area contributed by atoms with Gasteiger partial charge in [0.2, 0.25) is 10.0 Å². The third kappa shape index (κ3) is 4.36. The summed E-state index contributed by atoms with van der Waals surface area (Å²) in [5.41, 5.74) is 6.16. The van der Waals surface area contributed by atoms with E-state index in [-0.39, 0.29) is 10.6 Å². The molecule has 9 nitrogen and oxygen atoms in total. The molecule has 3 aromatic rings. The number of thiazole rings is 1. The largest absolute Gasteiger partial charge is 0.345 e. The number of nitrogens with one attached hydrogen (secondary N) is 3. The van der Waals surface area contributed by atoms with Crippen molar-refractivity contribution in [3.63, 3.8) is 0 Å². The second kappa shape index (κ2) is 8.15. The van der Waals surface area contributed by atoms with E-state index in [1.165, 1.54) is 42.3 Å². The van der Waals surface area contributed by atoms with Gasteiger partial charge in [-0.05, 0) is 20.0 Å². The molecular weight excluding hydrogens is 414 g/mol. The van der Waals surface area contributed by atoms with Gasteiger partial charge in [-0.25, -0.2) is 18.1 Å². The molecule has 0 saturated heterocycles. The molecule has 0 atom stereocenters. The van der Waals surface area contributed by atoms with E-state index in [4.69, 9.17) is 0 Å². The number of sulfonamides is 1. The van der Waals surface area contributed by atoms with Gasteiger partial charge in [0.25, 0.3) is 11.8 Å². The summed E-state index contributed by atoms with van der Waals surface area (Å²) in [4.78, 5) is 29.6. The van der Waals surface area contributed by atoms with Crippen molar-refractivity contribution in [2.24, 2.45) is 7.05 Å². The van der Waals surface area contributed by atoms with Crippen molar-refractivity contribution in [2.45, 2.75) is 11.8 Å². The number of hydrogen-bond donors (Lipinski definition) is 3. The van der Waals surface area contributed by atoms with Crippen molar-refractivity contribution in [1.29, 1.82) is 0 Å². The van der Waals surface area contributed by atoms with Crippen LogP contribution < -0.4 is 15.6 Å². The number of carbonyl (C=O) groups excluding carboxylic acids is 2. The van der Waals surface area contributed by atoms with E-state index in [2.05, 4.69) is 20.6 Å². The third-order valence-corrected chi connectivity index (χ3v) is 6.69. The van der Waals surface area contributed by atoms with Gasteiger partial charge in [-0.3, -0.25) is 20.4 Å². The van der Waals surface area contributed by atoms with Crippen LogP contribution in [0.15, 0.2) is 47.5 Å². The van der Waals surface area contributed by atoms with Crippen LogP contribution in [0.1, 0.15) is 25.9 Å². The SMILES string of the molecule is CNS(=O)(=O)c1cc(C(=O)NNC(=O)c2sc(-c3ccccc3)nc2C)n(C)c1. The Morgan fingerprint density at radius 3 is 2.41 bits per heavy atom. The highest BCUT2D eigenvalue weighted by molar-refractivity contribution is 7.89. The highest BCUT2D eigenvalue weighted by Gasteiger charge is 2.21. The normalized spacial score (nSPS) is 11.3. The van der Waals surface area contributed by atoms with Crippen LogP contribution in [0.2, 0.25) is 0 Å².